The molecule has 1 aromatic rings. The molecule has 0 aromatic heterocycles. The van der Waals surface area contributed by atoms with Gasteiger partial charge in [0.2, 0.25) is 0 Å². The lowest BCUT2D eigenvalue weighted by atomic mass is 10.0. The third kappa shape index (κ3) is 2.83. The summed E-state index contributed by atoms with van der Waals surface area (Å²) in [5, 5.41) is 3.53. The predicted octanol–water partition coefficient (Wildman–Crippen LogP) is 2.89. The molecule has 1 aliphatic rings. The highest BCUT2D eigenvalue weighted by Crippen LogP contribution is 2.27. The van der Waals surface area contributed by atoms with Gasteiger partial charge in [-0.05, 0) is 23.5 Å². The first kappa shape index (κ1) is 11.6. The Morgan fingerprint density at radius 1 is 1.38 bits per heavy atom. The maximum atomic E-state index is 5.63. The van der Waals surface area contributed by atoms with Crippen LogP contribution in [-0.4, -0.2) is 13.2 Å². The van der Waals surface area contributed by atoms with Crippen molar-refractivity contribution in [1.29, 1.82) is 0 Å². The minimum absolute atomic E-state index is 0.489. The molecule has 0 bridgehead atoms. The summed E-state index contributed by atoms with van der Waals surface area (Å²) >= 11 is 0. The van der Waals surface area contributed by atoms with Crippen molar-refractivity contribution in [3.05, 3.63) is 35.4 Å². The van der Waals surface area contributed by atoms with Crippen LogP contribution < -0.4 is 5.32 Å². The van der Waals surface area contributed by atoms with Gasteiger partial charge in [0.05, 0.1) is 0 Å². The van der Waals surface area contributed by atoms with Gasteiger partial charge in [0.25, 0.3) is 0 Å². The number of ether oxygens (including phenoxy) is 1. The Morgan fingerprint density at radius 2 is 2.19 bits per heavy atom. The zero-order valence-corrected chi connectivity index (χ0v) is 10.2. The normalized spacial score (nSPS) is 19.1. The van der Waals surface area contributed by atoms with Gasteiger partial charge in [-0.3, -0.25) is 0 Å². The van der Waals surface area contributed by atoms with Crippen LogP contribution >= 0.6 is 0 Å². The van der Waals surface area contributed by atoms with Crippen LogP contribution in [0.2, 0.25) is 0 Å². The standard InChI is InChI=1S/C14H21NO/c1-11(2)10-16-8-7-14-13-6-4-3-5-12(13)9-15-14/h3-6,11,14-15H,7-10H2,1-2H3. The molecule has 0 fully saturated rings. The zero-order chi connectivity index (χ0) is 11.4. The monoisotopic (exact) mass is 219 g/mol. The van der Waals surface area contributed by atoms with Crippen LogP contribution in [0.5, 0.6) is 0 Å². The van der Waals surface area contributed by atoms with E-state index in [9.17, 15) is 0 Å². The van der Waals surface area contributed by atoms with Crippen molar-refractivity contribution in [2.75, 3.05) is 13.2 Å². The van der Waals surface area contributed by atoms with Crippen molar-refractivity contribution < 1.29 is 4.74 Å². The molecular weight excluding hydrogens is 198 g/mol. The van der Waals surface area contributed by atoms with Gasteiger partial charge in [-0.1, -0.05) is 38.1 Å². The second-order valence-corrected chi connectivity index (χ2v) is 4.89. The summed E-state index contributed by atoms with van der Waals surface area (Å²) in [5.74, 6) is 0.629. The molecule has 2 nitrogen and oxygen atoms in total. The molecule has 1 unspecified atom stereocenters. The van der Waals surface area contributed by atoms with Gasteiger partial charge in [0, 0.05) is 25.8 Å². The maximum Gasteiger partial charge on any atom is 0.0489 e. The average molecular weight is 219 g/mol. The van der Waals surface area contributed by atoms with Gasteiger partial charge in [0.1, 0.15) is 0 Å². The van der Waals surface area contributed by atoms with Crippen LogP contribution in [-0.2, 0) is 11.3 Å². The second-order valence-electron chi connectivity index (χ2n) is 4.89. The highest BCUT2D eigenvalue weighted by atomic mass is 16.5. The van der Waals surface area contributed by atoms with Gasteiger partial charge in [0.15, 0.2) is 0 Å². The van der Waals surface area contributed by atoms with E-state index < -0.39 is 0 Å². The summed E-state index contributed by atoms with van der Waals surface area (Å²) in [6, 6.07) is 9.15. The SMILES string of the molecule is CC(C)COCCC1NCc2ccccc21. The summed E-state index contributed by atoms with van der Waals surface area (Å²) in [4.78, 5) is 0. The van der Waals surface area contributed by atoms with Gasteiger partial charge < -0.3 is 10.1 Å². The first-order chi connectivity index (χ1) is 7.77. The van der Waals surface area contributed by atoms with Crippen molar-refractivity contribution in [3.8, 4) is 0 Å². The number of fused-ring (bicyclic) bond motifs is 1. The van der Waals surface area contributed by atoms with E-state index in [4.69, 9.17) is 4.74 Å². The molecule has 1 N–H and O–H groups in total. The van der Waals surface area contributed by atoms with E-state index in [-0.39, 0.29) is 0 Å². The number of rotatable bonds is 5. The largest absolute Gasteiger partial charge is 0.381 e. The van der Waals surface area contributed by atoms with Crippen LogP contribution in [0.1, 0.15) is 37.4 Å². The second kappa shape index (κ2) is 5.46. The van der Waals surface area contributed by atoms with E-state index in [0.29, 0.717) is 12.0 Å². The number of nitrogens with one attached hydrogen (secondary N) is 1. The highest BCUT2D eigenvalue weighted by molar-refractivity contribution is 5.33. The summed E-state index contributed by atoms with van der Waals surface area (Å²) in [5.41, 5.74) is 2.90. The fourth-order valence-electron chi connectivity index (χ4n) is 2.16. The molecular formula is C14H21NO. The molecule has 2 rings (SSSR count). The van der Waals surface area contributed by atoms with Crippen molar-refractivity contribution >= 4 is 0 Å². The Bertz CT molecular complexity index is 335. The molecule has 1 aliphatic heterocycles. The van der Waals surface area contributed by atoms with Gasteiger partial charge in [-0.2, -0.15) is 0 Å². The zero-order valence-electron chi connectivity index (χ0n) is 10.2. The van der Waals surface area contributed by atoms with Crippen LogP contribution in [0.25, 0.3) is 0 Å². The molecule has 1 atom stereocenters. The lowest BCUT2D eigenvalue weighted by molar-refractivity contribution is 0.102. The molecule has 0 saturated heterocycles. The van der Waals surface area contributed by atoms with Gasteiger partial charge in [-0.25, -0.2) is 0 Å². The van der Waals surface area contributed by atoms with Crippen LogP contribution in [0.4, 0.5) is 0 Å². The van der Waals surface area contributed by atoms with Gasteiger partial charge in [-0.15, -0.1) is 0 Å². The number of benzene rings is 1. The lowest BCUT2D eigenvalue weighted by Gasteiger charge is -2.13. The predicted molar refractivity (Wildman–Crippen MR) is 66.3 cm³/mol. The molecule has 0 aliphatic carbocycles. The maximum absolute atomic E-state index is 5.63. The molecule has 88 valence electrons. The van der Waals surface area contributed by atoms with Gasteiger partial charge >= 0.3 is 0 Å². The van der Waals surface area contributed by atoms with E-state index in [0.717, 1.165) is 26.2 Å². The minimum Gasteiger partial charge on any atom is -0.381 e. The Hall–Kier alpha value is -0.860. The topological polar surface area (TPSA) is 21.3 Å². The molecule has 0 radical (unpaired) electrons. The fourth-order valence-corrected chi connectivity index (χ4v) is 2.16. The minimum atomic E-state index is 0.489. The summed E-state index contributed by atoms with van der Waals surface area (Å²) in [6.07, 6.45) is 1.07. The molecule has 0 spiro atoms. The van der Waals surface area contributed by atoms with Crippen LogP contribution in [0.15, 0.2) is 24.3 Å². The number of hydrogen-bond donors (Lipinski definition) is 1. The third-order valence-corrected chi connectivity index (χ3v) is 2.97. The average Bonchev–Trinajstić information content (AvgIpc) is 2.68. The Labute approximate surface area is 98.0 Å². The van der Waals surface area contributed by atoms with Crippen molar-refractivity contribution in [2.45, 2.75) is 32.9 Å². The van der Waals surface area contributed by atoms with E-state index in [1.165, 1.54) is 11.1 Å². The van der Waals surface area contributed by atoms with E-state index in [1.807, 2.05) is 0 Å². The van der Waals surface area contributed by atoms with E-state index in [1.54, 1.807) is 0 Å². The molecule has 2 heteroatoms. The summed E-state index contributed by atoms with van der Waals surface area (Å²) in [7, 11) is 0. The fraction of sp³-hybridized carbons (Fsp3) is 0.571. The van der Waals surface area contributed by atoms with Crippen molar-refractivity contribution in [1.82, 2.24) is 5.32 Å². The Kier molecular flexibility index (Phi) is 3.97. The molecule has 16 heavy (non-hydrogen) atoms. The van der Waals surface area contributed by atoms with Crippen LogP contribution in [0.3, 0.4) is 0 Å². The van der Waals surface area contributed by atoms with E-state index in [2.05, 4.69) is 43.4 Å². The Morgan fingerprint density at radius 3 is 3.00 bits per heavy atom. The quantitative estimate of drug-likeness (QED) is 0.769. The summed E-state index contributed by atoms with van der Waals surface area (Å²) in [6.45, 7) is 7.09. The van der Waals surface area contributed by atoms with E-state index >= 15 is 0 Å². The highest BCUT2D eigenvalue weighted by Gasteiger charge is 2.20. The number of hydrogen-bond acceptors (Lipinski definition) is 2. The van der Waals surface area contributed by atoms with Crippen LogP contribution in [0, 0.1) is 5.92 Å². The molecule has 0 amide bonds. The molecule has 0 saturated carbocycles. The first-order valence-electron chi connectivity index (χ1n) is 6.16. The molecule has 1 aromatic carbocycles. The van der Waals surface area contributed by atoms with Crippen molar-refractivity contribution in [2.24, 2.45) is 5.92 Å². The van der Waals surface area contributed by atoms with Crippen molar-refractivity contribution in [3.63, 3.8) is 0 Å². The Balaban J connectivity index is 1.80. The lowest BCUT2D eigenvalue weighted by Crippen LogP contribution is -2.15. The summed E-state index contributed by atoms with van der Waals surface area (Å²) < 4.78 is 5.63. The first-order valence-corrected chi connectivity index (χ1v) is 6.16. The smallest absolute Gasteiger partial charge is 0.0489 e. The molecule has 1 heterocycles. The third-order valence-electron chi connectivity index (χ3n) is 2.97.